The Hall–Kier alpha value is -1.78. The van der Waals surface area contributed by atoms with E-state index in [-0.39, 0.29) is 0 Å². The summed E-state index contributed by atoms with van der Waals surface area (Å²) in [6.07, 6.45) is 9.30. The maximum atomic E-state index is 5.01. The predicted molar refractivity (Wildman–Crippen MR) is 105 cm³/mol. The van der Waals surface area contributed by atoms with Crippen molar-refractivity contribution in [1.29, 1.82) is 0 Å². The minimum absolute atomic E-state index is 0.407. The highest BCUT2D eigenvalue weighted by atomic mass is 15.2. The molecule has 1 atom stereocenters. The lowest BCUT2D eigenvalue weighted by molar-refractivity contribution is 0.140. The summed E-state index contributed by atoms with van der Waals surface area (Å²) in [4.78, 5) is 14.8. The number of fused-ring (bicyclic) bond motifs is 1. The molecule has 0 amide bonds. The largest absolute Gasteiger partial charge is 0.302 e. The van der Waals surface area contributed by atoms with Gasteiger partial charge in [-0.1, -0.05) is 36.8 Å². The van der Waals surface area contributed by atoms with Gasteiger partial charge in [0.1, 0.15) is 5.82 Å². The number of benzene rings is 1. The maximum Gasteiger partial charge on any atom is 0.145 e. The van der Waals surface area contributed by atoms with Gasteiger partial charge in [-0.3, -0.25) is 4.90 Å². The molecule has 1 fully saturated rings. The normalized spacial score (nSPS) is 21.5. The summed E-state index contributed by atoms with van der Waals surface area (Å²) in [5.74, 6) is 1.06. The van der Waals surface area contributed by atoms with Gasteiger partial charge in [-0.15, -0.1) is 0 Å². The molecule has 0 bridgehead atoms. The zero-order chi connectivity index (χ0) is 17.8. The first-order chi connectivity index (χ1) is 12.8. The molecule has 1 aromatic carbocycles. The predicted octanol–water partition coefficient (Wildman–Crippen LogP) is 3.62. The van der Waals surface area contributed by atoms with Crippen LogP contribution >= 0.6 is 0 Å². The number of aryl methyl sites for hydroxylation is 1. The Morgan fingerprint density at radius 2 is 2.00 bits per heavy atom. The number of aromatic nitrogens is 2. The number of nitrogens with zero attached hydrogens (tertiary/aromatic N) is 4. The average molecular weight is 351 g/mol. The molecule has 0 radical (unpaired) electrons. The summed E-state index contributed by atoms with van der Waals surface area (Å²) in [5, 5.41) is 0. The molecule has 1 aromatic heterocycles. The first-order valence-electron chi connectivity index (χ1n) is 10.1. The van der Waals surface area contributed by atoms with Crippen molar-refractivity contribution >= 4 is 0 Å². The number of likely N-dealkylation sites (N-methyl/N-ethyl adjacent to an activating group) is 1. The van der Waals surface area contributed by atoms with Gasteiger partial charge >= 0.3 is 0 Å². The van der Waals surface area contributed by atoms with E-state index in [0.29, 0.717) is 6.04 Å². The number of hydrogen-bond acceptors (Lipinski definition) is 4. The van der Waals surface area contributed by atoms with Crippen LogP contribution in [0.4, 0.5) is 0 Å². The van der Waals surface area contributed by atoms with Gasteiger partial charge in [-0.25, -0.2) is 9.97 Å². The molecule has 26 heavy (non-hydrogen) atoms. The van der Waals surface area contributed by atoms with Gasteiger partial charge in [0.05, 0.1) is 6.04 Å². The van der Waals surface area contributed by atoms with Crippen LogP contribution in [0.15, 0.2) is 36.5 Å². The van der Waals surface area contributed by atoms with Crippen LogP contribution < -0.4 is 0 Å². The molecule has 0 saturated carbocycles. The number of hydrogen-bond donors (Lipinski definition) is 0. The first-order valence-corrected chi connectivity index (χ1v) is 10.1. The highest BCUT2D eigenvalue weighted by Gasteiger charge is 2.27. The number of rotatable bonds is 5. The third kappa shape index (κ3) is 4.13. The van der Waals surface area contributed by atoms with Crippen molar-refractivity contribution in [3.8, 4) is 0 Å². The fourth-order valence-electron chi connectivity index (χ4n) is 4.32. The Kier molecular flexibility index (Phi) is 5.61. The molecule has 2 aliphatic heterocycles. The van der Waals surface area contributed by atoms with Crippen LogP contribution in [0.25, 0.3) is 0 Å². The topological polar surface area (TPSA) is 32.3 Å². The van der Waals surface area contributed by atoms with Crippen molar-refractivity contribution in [2.75, 3.05) is 26.7 Å². The second-order valence-corrected chi connectivity index (χ2v) is 7.82. The lowest BCUT2D eigenvalue weighted by Gasteiger charge is -2.35. The monoisotopic (exact) mass is 350 g/mol. The van der Waals surface area contributed by atoms with E-state index < -0.39 is 0 Å². The average Bonchev–Trinajstić information content (AvgIpc) is 2.69. The minimum Gasteiger partial charge on any atom is -0.302 e. The molecule has 2 aliphatic rings. The lowest BCUT2D eigenvalue weighted by atomic mass is 9.99. The Morgan fingerprint density at radius 1 is 1.12 bits per heavy atom. The molecule has 0 aliphatic carbocycles. The highest BCUT2D eigenvalue weighted by molar-refractivity contribution is 5.21. The van der Waals surface area contributed by atoms with Crippen LogP contribution in [-0.2, 0) is 19.4 Å². The van der Waals surface area contributed by atoms with Crippen molar-refractivity contribution in [3.05, 3.63) is 59.2 Å². The van der Waals surface area contributed by atoms with Crippen molar-refractivity contribution in [2.24, 2.45) is 0 Å². The quantitative estimate of drug-likeness (QED) is 0.824. The summed E-state index contributed by atoms with van der Waals surface area (Å²) in [6.45, 7) is 4.42. The summed E-state index contributed by atoms with van der Waals surface area (Å²) >= 11 is 0. The third-order valence-corrected chi connectivity index (χ3v) is 5.81. The van der Waals surface area contributed by atoms with Gasteiger partial charge in [0.25, 0.3) is 0 Å². The van der Waals surface area contributed by atoms with Gasteiger partial charge in [0.15, 0.2) is 0 Å². The van der Waals surface area contributed by atoms with E-state index in [1.54, 1.807) is 0 Å². The molecule has 0 spiro atoms. The number of piperidine rings is 1. The van der Waals surface area contributed by atoms with E-state index in [1.807, 2.05) is 0 Å². The molecule has 0 unspecified atom stereocenters. The molecule has 4 rings (SSSR count). The third-order valence-electron chi connectivity index (χ3n) is 5.81. The number of likely N-dealkylation sites (tertiary alicyclic amines) is 1. The zero-order valence-electron chi connectivity index (χ0n) is 15.9. The van der Waals surface area contributed by atoms with Crippen molar-refractivity contribution in [2.45, 2.75) is 51.1 Å². The minimum atomic E-state index is 0.407. The van der Waals surface area contributed by atoms with Crippen LogP contribution in [0.5, 0.6) is 0 Å². The first kappa shape index (κ1) is 17.6. The van der Waals surface area contributed by atoms with Crippen molar-refractivity contribution < 1.29 is 0 Å². The zero-order valence-corrected chi connectivity index (χ0v) is 15.9. The molecular weight excluding hydrogens is 320 g/mol. The van der Waals surface area contributed by atoms with Crippen LogP contribution in [0.1, 0.15) is 54.4 Å². The molecule has 0 N–H and O–H groups in total. The fraction of sp³-hybridized carbons (Fsp3) is 0.545. The van der Waals surface area contributed by atoms with Crippen molar-refractivity contribution in [3.63, 3.8) is 0 Å². The Bertz CT molecular complexity index is 715. The standard InChI is InChI=1S/C22H30N4/c1-25-15-12-20-19(17-25)16-23-22(24-20)21-11-5-6-13-26(21)14-7-10-18-8-3-2-4-9-18/h2-4,8-9,16,21H,5-7,10-15,17H2,1H3/t21-/m0/s1. The van der Waals surface area contributed by atoms with Crippen LogP contribution in [0.3, 0.4) is 0 Å². The molecule has 4 heteroatoms. The van der Waals surface area contributed by atoms with E-state index in [1.165, 1.54) is 49.0 Å². The molecular formula is C22H30N4. The lowest BCUT2D eigenvalue weighted by Crippen LogP contribution is -2.36. The molecule has 138 valence electrons. The summed E-state index contributed by atoms with van der Waals surface area (Å²) in [7, 11) is 2.17. The molecule has 4 nitrogen and oxygen atoms in total. The second-order valence-electron chi connectivity index (χ2n) is 7.82. The van der Waals surface area contributed by atoms with Crippen LogP contribution in [0, 0.1) is 0 Å². The molecule has 1 saturated heterocycles. The van der Waals surface area contributed by atoms with E-state index in [4.69, 9.17) is 9.97 Å². The van der Waals surface area contributed by atoms with Gasteiger partial charge in [0.2, 0.25) is 0 Å². The molecule has 2 aromatic rings. The van der Waals surface area contributed by atoms with E-state index in [0.717, 1.165) is 38.3 Å². The fourth-order valence-corrected chi connectivity index (χ4v) is 4.32. The second kappa shape index (κ2) is 8.28. The smallest absolute Gasteiger partial charge is 0.145 e. The van der Waals surface area contributed by atoms with Gasteiger partial charge in [-0.05, 0) is 51.4 Å². The Labute approximate surface area is 157 Å². The Balaban J connectivity index is 1.42. The van der Waals surface area contributed by atoms with Gasteiger partial charge in [0, 0.05) is 37.0 Å². The summed E-state index contributed by atoms with van der Waals surface area (Å²) < 4.78 is 0. The van der Waals surface area contributed by atoms with Crippen molar-refractivity contribution in [1.82, 2.24) is 19.8 Å². The Morgan fingerprint density at radius 3 is 2.88 bits per heavy atom. The summed E-state index contributed by atoms with van der Waals surface area (Å²) in [6, 6.07) is 11.2. The van der Waals surface area contributed by atoms with E-state index in [9.17, 15) is 0 Å². The van der Waals surface area contributed by atoms with Crippen LogP contribution in [0.2, 0.25) is 0 Å². The van der Waals surface area contributed by atoms with E-state index in [2.05, 4.69) is 53.4 Å². The maximum absolute atomic E-state index is 5.01. The SMILES string of the molecule is CN1CCc2nc([C@@H]3CCCCN3CCCc3ccccc3)ncc2C1. The van der Waals surface area contributed by atoms with Gasteiger partial charge < -0.3 is 4.90 Å². The van der Waals surface area contributed by atoms with Gasteiger partial charge in [-0.2, -0.15) is 0 Å². The summed E-state index contributed by atoms with van der Waals surface area (Å²) in [5.41, 5.74) is 4.03. The highest BCUT2D eigenvalue weighted by Crippen LogP contribution is 2.30. The van der Waals surface area contributed by atoms with E-state index >= 15 is 0 Å². The molecule has 3 heterocycles. The van der Waals surface area contributed by atoms with Crippen LogP contribution in [-0.4, -0.2) is 46.4 Å².